The normalized spacial score (nSPS) is 15.1. The highest BCUT2D eigenvalue weighted by molar-refractivity contribution is 5.28. The maximum absolute atomic E-state index is 5.65. The Kier molecular flexibility index (Phi) is 2.63. The van der Waals surface area contributed by atoms with Crippen molar-refractivity contribution in [1.82, 2.24) is 4.98 Å². The molecular formula is C12H13NO. The van der Waals surface area contributed by atoms with E-state index in [1.807, 2.05) is 25.1 Å². The van der Waals surface area contributed by atoms with Crippen LogP contribution in [0.4, 0.5) is 0 Å². The van der Waals surface area contributed by atoms with E-state index in [0.29, 0.717) is 5.88 Å². The molecule has 2 nitrogen and oxygen atoms in total. The van der Waals surface area contributed by atoms with Gasteiger partial charge in [-0.3, -0.25) is 0 Å². The Morgan fingerprint density at radius 3 is 3.00 bits per heavy atom. The van der Waals surface area contributed by atoms with Crippen LogP contribution < -0.4 is 4.74 Å². The molecule has 2 heteroatoms. The van der Waals surface area contributed by atoms with Gasteiger partial charge >= 0.3 is 0 Å². The lowest BCUT2D eigenvalue weighted by atomic mass is 10.2. The molecule has 14 heavy (non-hydrogen) atoms. The van der Waals surface area contributed by atoms with Crippen molar-refractivity contribution in [3.63, 3.8) is 0 Å². The van der Waals surface area contributed by atoms with Crippen LogP contribution in [0, 0.1) is 6.92 Å². The van der Waals surface area contributed by atoms with Gasteiger partial charge in [-0.15, -0.1) is 0 Å². The second-order valence-corrected chi connectivity index (χ2v) is 3.31. The van der Waals surface area contributed by atoms with E-state index < -0.39 is 0 Å². The van der Waals surface area contributed by atoms with Crippen LogP contribution in [-0.4, -0.2) is 4.98 Å². The molecule has 1 aliphatic rings. The Morgan fingerprint density at radius 2 is 2.29 bits per heavy atom. The molecule has 1 heterocycles. The molecule has 1 aliphatic carbocycles. The first-order chi connectivity index (χ1) is 6.86. The average Bonchev–Trinajstić information content (AvgIpc) is 2.23. The summed E-state index contributed by atoms with van der Waals surface area (Å²) in [6, 6.07) is 3.91. The van der Waals surface area contributed by atoms with Crippen LogP contribution in [0.2, 0.25) is 0 Å². The van der Waals surface area contributed by atoms with Gasteiger partial charge in [0.15, 0.2) is 0 Å². The van der Waals surface area contributed by atoms with Gasteiger partial charge in [0.05, 0.1) is 0 Å². The monoisotopic (exact) mass is 187 g/mol. The van der Waals surface area contributed by atoms with Crippen molar-refractivity contribution in [2.45, 2.75) is 19.8 Å². The molecule has 0 aromatic carbocycles. The summed E-state index contributed by atoms with van der Waals surface area (Å²) >= 11 is 0. The molecule has 0 aliphatic heterocycles. The van der Waals surface area contributed by atoms with Crippen molar-refractivity contribution in [1.29, 1.82) is 0 Å². The van der Waals surface area contributed by atoms with Crippen LogP contribution in [0.15, 0.2) is 42.3 Å². The molecule has 1 aromatic heterocycles. The quantitative estimate of drug-likeness (QED) is 0.710. The van der Waals surface area contributed by atoms with Crippen LogP contribution in [0.25, 0.3) is 0 Å². The summed E-state index contributed by atoms with van der Waals surface area (Å²) in [5.74, 6) is 1.60. The van der Waals surface area contributed by atoms with Crippen LogP contribution in [0.3, 0.4) is 0 Å². The molecule has 1 aromatic rings. The summed E-state index contributed by atoms with van der Waals surface area (Å²) < 4.78 is 5.65. The zero-order valence-electron chi connectivity index (χ0n) is 8.23. The molecule has 0 fully saturated rings. The number of allylic oxidation sites excluding steroid dienone is 3. The first kappa shape index (κ1) is 9.00. The van der Waals surface area contributed by atoms with E-state index >= 15 is 0 Å². The fraction of sp³-hybridized carbons (Fsp3) is 0.250. The minimum absolute atomic E-state index is 0.699. The molecule has 0 bridgehead atoms. The molecular weight excluding hydrogens is 174 g/mol. The Bertz CT molecular complexity index is 380. The zero-order valence-corrected chi connectivity index (χ0v) is 8.23. The highest BCUT2D eigenvalue weighted by Gasteiger charge is 2.03. The van der Waals surface area contributed by atoms with E-state index in [0.717, 1.165) is 24.2 Å². The van der Waals surface area contributed by atoms with E-state index in [1.165, 1.54) is 0 Å². The summed E-state index contributed by atoms with van der Waals surface area (Å²) in [5.41, 5.74) is 1.06. The van der Waals surface area contributed by atoms with Crippen molar-refractivity contribution in [3.8, 4) is 5.88 Å². The lowest BCUT2D eigenvalue weighted by Crippen LogP contribution is -1.98. The fourth-order valence-electron chi connectivity index (χ4n) is 1.35. The van der Waals surface area contributed by atoms with E-state index in [9.17, 15) is 0 Å². The van der Waals surface area contributed by atoms with Gasteiger partial charge in [0, 0.05) is 11.8 Å². The molecule has 72 valence electrons. The maximum Gasteiger partial charge on any atom is 0.222 e. The number of aryl methyl sites for hydroxylation is 1. The summed E-state index contributed by atoms with van der Waals surface area (Å²) in [7, 11) is 0. The van der Waals surface area contributed by atoms with E-state index in [-0.39, 0.29) is 0 Å². The molecule has 0 radical (unpaired) electrons. The van der Waals surface area contributed by atoms with Gasteiger partial charge in [-0.2, -0.15) is 0 Å². The molecule has 0 unspecified atom stereocenters. The van der Waals surface area contributed by atoms with E-state index in [4.69, 9.17) is 4.74 Å². The molecule has 2 rings (SSSR count). The van der Waals surface area contributed by atoms with Gasteiger partial charge < -0.3 is 4.74 Å². The highest BCUT2D eigenvalue weighted by atomic mass is 16.5. The third kappa shape index (κ3) is 2.02. The van der Waals surface area contributed by atoms with Crippen LogP contribution in [0.1, 0.15) is 18.4 Å². The fourth-order valence-corrected chi connectivity index (χ4v) is 1.35. The summed E-state index contributed by atoms with van der Waals surface area (Å²) in [5, 5.41) is 0. The SMILES string of the molecule is Cc1cccnc1OC1=CCCC=C1. The van der Waals surface area contributed by atoms with Crippen LogP contribution in [0.5, 0.6) is 5.88 Å². The number of ether oxygens (including phenoxy) is 1. The summed E-state index contributed by atoms with van der Waals surface area (Å²) in [6.07, 6.45) is 10.1. The Hall–Kier alpha value is -1.57. The highest BCUT2D eigenvalue weighted by Crippen LogP contribution is 2.18. The zero-order chi connectivity index (χ0) is 9.80. The number of rotatable bonds is 2. The third-order valence-electron chi connectivity index (χ3n) is 2.14. The van der Waals surface area contributed by atoms with Gasteiger partial charge in [0.2, 0.25) is 5.88 Å². The number of aromatic nitrogens is 1. The average molecular weight is 187 g/mol. The lowest BCUT2D eigenvalue weighted by Gasteiger charge is -2.09. The van der Waals surface area contributed by atoms with Crippen LogP contribution >= 0.6 is 0 Å². The Morgan fingerprint density at radius 1 is 1.36 bits per heavy atom. The molecule has 0 saturated carbocycles. The van der Waals surface area contributed by atoms with Crippen molar-refractivity contribution >= 4 is 0 Å². The molecule has 0 N–H and O–H groups in total. The maximum atomic E-state index is 5.65. The number of pyridine rings is 1. The first-order valence-corrected chi connectivity index (χ1v) is 4.82. The minimum Gasteiger partial charge on any atom is -0.439 e. The largest absolute Gasteiger partial charge is 0.439 e. The predicted molar refractivity (Wildman–Crippen MR) is 56.1 cm³/mol. The lowest BCUT2D eigenvalue weighted by molar-refractivity contribution is 0.418. The van der Waals surface area contributed by atoms with Crippen molar-refractivity contribution < 1.29 is 4.74 Å². The second-order valence-electron chi connectivity index (χ2n) is 3.31. The number of nitrogens with zero attached hydrogens (tertiary/aromatic N) is 1. The van der Waals surface area contributed by atoms with Crippen molar-refractivity contribution in [3.05, 3.63) is 47.9 Å². The predicted octanol–water partition coefficient (Wildman–Crippen LogP) is 3.00. The molecule has 0 spiro atoms. The third-order valence-corrected chi connectivity index (χ3v) is 2.14. The topological polar surface area (TPSA) is 22.1 Å². The Balaban J connectivity index is 2.14. The number of hydrogen-bond donors (Lipinski definition) is 0. The molecule has 0 amide bonds. The molecule has 0 atom stereocenters. The van der Waals surface area contributed by atoms with E-state index in [2.05, 4.69) is 17.1 Å². The minimum atomic E-state index is 0.699. The summed E-state index contributed by atoms with van der Waals surface area (Å²) in [4.78, 5) is 4.18. The summed E-state index contributed by atoms with van der Waals surface area (Å²) in [6.45, 7) is 2.00. The van der Waals surface area contributed by atoms with E-state index in [1.54, 1.807) is 6.20 Å². The van der Waals surface area contributed by atoms with Gasteiger partial charge in [-0.05, 0) is 38.0 Å². The van der Waals surface area contributed by atoms with Gasteiger partial charge in [0.1, 0.15) is 5.76 Å². The van der Waals surface area contributed by atoms with Gasteiger partial charge in [0.25, 0.3) is 0 Å². The number of hydrogen-bond acceptors (Lipinski definition) is 2. The van der Waals surface area contributed by atoms with Gasteiger partial charge in [-0.25, -0.2) is 4.98 Å². The van der Waals surface area contributed by atoms with Crippen molar-refractivity contribution in [2.24, 2.45) is 0 Å². The van der Waals surface area contributed by atoms with Crippen LogP contribution in [-0.2, 0) is 0 Å². The standard InChI is InChI=1S/C12H13NO/c1-10-6-5-9-13-12(10)14-11-7-3-2-4-8-11/h3,5-9H,2,4H2,1H3. The molecule has 0 saturated heterocycles. The van der Waals surface area contributed by atoms with Gasteiger partial charge in [-0.1, -0.05) is 12.1 Å². The first-order valence-electron chi connectivity index (χ1n) is 4.82. The smallest absolute Gasteiger partial charge is 0.222 e. The Labute approximate surface area is 83.9 Å². The van der Waals surface area contributed by atoms with Crippen molar-refractivity contribution in [2.75, 3.05) is 0 Å². The second kappa shape index (κ2) is 4.09.